The van der Waals surface area contributed by atoms with Crippen molar-refractivity contribution in [1.82, 2.24) is 9.97 Å². The number of anilines is 1. The summed E-state index contributed by atoms with van der Waals surface area (Å²) in [5, 5.41) is 4.21. The van der Waals surface area contributed by atoms with Gasteiger partial charge >= 0.3 is 0 Å². The number of aromatic nitrogens is 2. The fourth-order valence-corrected chi connectivity index (χ4v) is 2.92. The molecule has 21 heavy (non-hydrogen) atoms. The maximum atomic E-state index is 4.80. The second-order valence-corrected chi connectivity index (χ2v) is 7.22. The first-order valence-electron chi connectivity index (χ1n) is 7.13. The van der Waals surface area contributed by atoms with Crippen LogP contribution in [-0.2, 0) is 5.41 Å². The van der Waals surface area contributed by atoms with Crippen LogP contribution in [0.3, 0.4) is 0 Å². The van der Waals surface area contributed by atoms with Gasteiger partial charge in [0.05, 0.1) is 0 Å². The van der Waals surface area contributed by atoms with Crippen LogP contribution in [0.5, 0.6) is 0 Å². The van der Waals surface area contributed by atoms with Gasteiger partial charge in [-0.2, -0.15) is 0 Å². The second-order valence-electron chi connectivity index (χ2n) is 6.19. The van der Waals surface area contributed by atoms with E-state index in [9.17, 15) is 0 Å². The van der Waals surface area contributed by atoms with E-state index in [1.54, 1.807) is 11.8 Å². The summed E-state index contributed by atoms with van der Waals surface area (Å²) in [5.74, 6) is 1.78. The average Bonchev–Trinajstić information content (AvgIpc) is 2.42. The van der Waals surface area contributed by atoms with Crippen molar-refractivity contribution in [2.24, 2.45) is 0 Å². The van der Waals surface area contributed by atoms with Crippen LogP contribution >= 0.6 is 11.8 Å². The predicted molar refractivity (Wildman–Crippen MR) is 90.3 cm³/mol. The lowest BCUT2D eigenvalue weighted by Crippen LogP contribution is -2.18. The minimum Gasteiger partial charge on any atom is -0.373 e. The van der Waals surface area contributed by atoms with Crippen LogP contribution in [0.2, 0.25) is 0 Å². The molecule has 0 fully saturated rings. The van der Waals surface area contributed by atoms with E-state index in [4.69, 9.17) is 4.98 Å². The van der Waals surface area contributed by atoms with Gasteiger partial charge in [-0.3, -0.25) is 0 Å². The summed E-state index contributed by atoms with van der Waals surface area (Å²) in [6, 6.07) is 8.39. The standard InChI is InChI=1S/C17H23N3S/c1-11-9-7-8-10-13(11)21-15-12(2)14(18-6)19-16(20-15)17(3,4)5/h7-10H,1-6H3,(H,18,19,20). The van der Waals surface area contributed by atoms with Crippen LogP contribution in [0.25, 0.3) is 0 Å². The molecule has 0 radical (unpaired) electrons. The van der Waals surface area contributed by atoms with Crippen molar-refractivity contribution in [2.45, 2.75) is 50.0 Å². The van der Waals surface area contributed by atoms with Crippen molar-refractivity contribution in [3.8, 4) is 0 Å². The molecule has 1 heterocycles. The highest BCUT2D eigenvalue weighted by Gasteiger charge is 2.21. The van der Waals surface area contributed by atoms with Gasteiger partial charge in [-0.25, -0.2) is 9.97 Å². The summed E-state index contributed by atoms with van der Waals surface area (Å²) in [4.78, 5) is 10.7. The van der Waals surface area contributed by atoms with Gasteiger partial charge in [-0.1, -0.05) is 50.7 Å². The number of aryl methyl sites for hydroxylation is 1. The van der Waals surface area contributed by atoms with Crippen molar-refractivity contribution in [3.63, 3.8) is 0 Å². The molecule has 0 spiro atoms. The lowest BCUT2D eigenvalue weighted by Gasteiger charge is -2.20. The molecule has 0 atom stereocenters. The van der Waals surface area contributed by atoms with Gasteiger partial charge in [0, 0.05) is 22.9 Å². The SMILES string of the molecule is CNc1nc(C(C)(C)C)nc(Sc2ccccc2C)c1C. The number of nitrogens with one attached hydrogen (secondary N) is 1. The molecule has 0 aliphatic rings. The molecule has 1 aromatic heterocycles. The molecule has 0 saturated heterocycles. The maximum Gasteiger partial charge on any atom is 0.137 e. The molecule has 0 aliphatic heterocycles. The van der Waals surface area contributed by atoms with Crippen LogP contribution in [0.1, 0.15) is 37.7 Å². The Bertz CT molecular complexity index is 645. The van der Waals surface area contributed by atoms with Gasteiger partial charge in [-0.05, 0) is 25.5 Å². The third-order valence-electron chi connectivity index (χ3n) is 3.31. The maximum absolute atomic E-state index is 4.80. The fourth-order valence-electron chi connectivity index (χ4n) is 1.95. The lowest BCUT2D eigenvalue weighted by molar-refractivity contribution is 0.538. The first-order chi connectivity index (χ1) is 9.82. The molecule has 3 nitrogen and oxygen atoms in total. The Morgan fingerprint density at radius 3 is 2.29 bits per heavy atom. The number of nitrogens with zero attached hydrogens (tertiary/aromatic N) is 2. The molecule has 2 rings (SSSR count). The third-order valence-corrected chi connectivity index (χ3v) is 4.58. The monoisotopic (exact) mass is 301 g/mol. The molecular formula is C17H23N3S. The molecule has 0 bridgehead atoms. The van der Waals surface area contributed by atoms with E-state index in [2.05, 4.69) is 69.2 Å². The number of hydrogen-bond donors (Lipinski definition) is 1. The quantitative estimate of drug-likeness (QED) is 0.842. The molecule has 112 valence electrons. The van der Waals surface area contributed by atoms with Crippen molar-refractivity contribution in [2.75, 3.05) is 12.4 Å². The fraction of sp³-hybridized carbons (Fsp3) is 0.412. The summed E-state index contributed by atoms with van der Waals surface area (Å²) < 4.78 is 0. The highest BCUT2D eigenvalue weighted by atomic mass is 32.2. The van der Waals surface area contributed by atoms with Crippen LogP contribution in [0.4, 0.5) is 5.82 Å². The van der Waals surface area contributed by atoms with Crippen LogP contribution in [0, 0.1) is 13.8 Å². The Morgan fingerprint density at radius 2 is 1.71 bits per heavy atom. The summed E-state index contributed by atoms with van der Waals surface area (Å²) in [6.07, 6.45) is 0. The Morgan fingerprint density at radius 1 is 1.05 bits per heavy atom. The zero-order valence-electron chi connectivity index (χ0n) is 13.6. The average molecular weight is 301 g/mol. The van der Waals surface area contributed by atoms with E-state index in [1.165, 1.54) is 10.5 Å². The second kappa shape index (κ2) is 6.06. The van der Waals surface area contributed by atoms with E-state index in [0.29, 0.717) is 0 Å². The van der Waals surface area contributed by atoms with Crippen LogP contribution < -0.4 is 5.32 Å². The molecular weight excluding hydrogens is 278 g/mol. The number of hydrogen-bond acceptors (Lipinski definition) is 4. The lowest BCUT2D eigenvalue weighted by atomic mass is 9.95. The highest BCUT2D eigenvalue weighted by Crippen LogP contribution is 2.34. The Kier molecular flexibility index (Phi) is 4.57. The van der Waals surface area contributed by atoms with Gasteiger partial charge in [-0.15, -0.1) is 0 Å². The topological polar surface area (TPSA) is 37.8 Å². The smallest absolute Gasteiger partial charge is 0.137 e. The molecule has 2 aromatic rings. The van der Waals surface area contributed by atoms with Crippen LogP contribution in [-0.4, -0.2) is 17.0 Å². The van der Waals surface area contributed by atoms with E-state index in [1.807, 2.05) is 7.05 Å². The van der Waals surface area contributed by atoms with Crippen molar-refractivity contribution in [3.05, 3.63) is 41.2 Å². The van der Waals surface area contributed by atoms with Crippen molar-refractivity contribution in [1.29, 1.82) is 0 Å². The zero-order valence-corrected chi connectivity index (χ0v) is 14.4. The largest absolute Gasteiger partial charge is 0.373 e. The highest BCUT2D eigenvalue weighted by molar-refractivity contribution is 7.99. The van der Waals surface area contributed by atoms with Crippen LogP contribution in [0.15, 0.2) is 34.2 Å². The van der Waals surface area contributed by atoms with Gasteiger partial charge in [0.1, 0.15) is 16.7 Å². The minimum atomic E-state index is -0.0691. The van der Waals surface area contributed by atoms with Gasteiger partial charge in [0.25, 0.3) is 0 Å². The van der Waals surface area contributed by atoms with Gasteiger partial charge in [0.2, 0.25) is 0 Å². The molecule has 4 heteroatoms. The molecule has 1 N–H and O–H groups in total. The minimum absolute atomic E-state index is 0.0691. The van der Waals surface area contributed by atoms with Crippen molar-refractivity contribution < 1.29 is 0 Å². The first kappa shape index (κ1) is 15.8. The first-order valence-corrected chi connectivity index (χ1v) is 7.95. The van der Waals surface area contributed by atoms with E-state index >= 15 is 0 Å². The molecule has 0 aliphatic carbocycles. The van der Waals surface area contributed by atoms with Gasteiger partial charge in [0.15, 0.2) is 0 Å². The predicted octanol–water partition coefficient (Wildman–Crippen LogP) is 4.58. The molecule has 0 unspecified atom stereocenters. The summed E-state index contributed by atoms with van der Waals surface area (Å²) in [6.45, 7) is 10.6. The normalized spacial score (nSPS) is 11.5. The number of rotatable bonds is 3. The third kappa shape index (κ3) is 3.56. The number of benzene rings is 1. The van der Waals surface area contributed by atoms with E-state index < -0.39 is 0 Å². The van der Waals surface area contributed by atoms with Gasteiger partial charge < -0.3 is 5.32 Å². The Labute approximate surface area is 131 Å². The molecule has 1 aromatic carbocycles. The molecule has 0 amide bonds. The summed E-state index contributed by atoms with van der Waals surface area (Å²) >= 11 is 1.71. The van der Waals surface area contributed by atoms with E-state index in [0.717, 1.165) is 22.2 Å². The Balaban J connectivity index is 2.50. The van der Waals surface area contributed by atoms with Crippen molar-refractivity contribution >= 4 is 17.6 Å². The summed E-state index contributed by atoms with van der Waals surface area (Å²) in [5.41, 5.74) is 2.29. The van der Waals surface area contributed by atoms with E-state index in [-0.39, 0.29) is 5.41 Å². The summed E-state index contributed by atoms with van der Waals surface area (Å²) in [7, 11) is 1.91. The molecule has 0 saturated carbocycles. The zero-order chi connectivity index (χ0) is 15.6. The Hall–Kier alpha value is -1.55.